The number of carboxylic acids is 1. The van der Waals surface area contributed by atoms with E-state index in [4.69, 9.17) is 5.11 Å². The Morgan fingerprint density at radius 2 is 1.89 bits per heavy atom. The van der Waals surface area contributed by atoms with Crippen molar-refractivity contribution < 1.29 is 19.5 Å². The minimum Gasteiger partial charge on any atom is -0.480 e. The SMILES string of the molecule is O=CNC(CSCC(=O)N1CCCCCC1)C(=O)O. The Hall–Kier alpha value is -1.24. The molecule has 1 fully saturated rings. The highest BCUT2D eigenvalue weighted by molar-refractivity contribution is 8.00. The summed E-state index contributed by atoms with van der Waals surface area (Å²) in [6.45, 7) is 1.60. The molecule has 108 valence electrons. The van der Waals surface area contributed by atoms with Crippen molar-refractivity contribution in [1.29, 1.82) is 0 Å². The van der Waals surface area contributed by atoms with Gasteiger partial charge in [0.1, 0.15) is 6.04 Å². The van der Waals surface area contributed by atoms with Crippen molar-refractivity contribution >= 4 is 30.0 Å². The zero-order valence-corrected chi connectivity index (χ0v) is 11.7. The number of carbonyl (C=O) groups excluding carboxylic acids is 2. The van der Waals surface area contributed by atoms with Crippen LogP contribution < -0.4 is 5.32 Å². The molecule has 1 aliphatic rings. The Morgan fingerprint density at radius 3 is 2.42 bits per heavy atom. The third kappa shape index (κ3) is 5.96. The second-order valence-electron chi connectivity index (χ2n) is 4.49. The third-order valence-electron chi connectivity index (χ3n) is 3.04. The van der Waals surface area contributed by atoms with Crippen LogP contribution in [0.3, 0.4) is 0 Å². The molecule has 0 spiro atoms. The maximum absolute atomic E-state index is 11.9. The van der Waals surface area contributed by atoms with E-state index in [0.717, 1.165) is 25.9 Å². The molecule has 1 unspecified atom stereocenters. The molecular weight excluding hydrogens is 268 g/mol. The molecular formula is C12H20N2O4S. The van der Waals surface area contributed by atoms with Gasteiger partial charge in [-0.1, -0.05) is 12.8 Å². The van der Waals surface area contributed by atoms with Gasteiger partial charge in [-0.25, -0.2) is 4.79 Å². The van der Waals surface area contributed by atoms with Gasteiger partial charge in [-0.15, -0.1) is 11.8 Å². The minimum absolute atomic E-state index is 0.0575. The van der Waals surface area contributed by atoms with Gasteiger partial charge < -0.3 is 15.3 Å². The summed E-state index contributed by atoms with van der Waals surface area (Å²) in [6.07, 6.45) is 4.79. The first kappa shape index (κ1) is 15.8. The van der Waals surface area contributed by atoms with Crippen molar-refractivity contribution in [3.63, 3.8) is 0 Å². The number of amides is 2. The summed E-state index contributed by atoms with van der Waals surface area (Å²) in [7, 11) is 0. The fourth-order valence-electron chi connectivity index (χ4n) is 1.95. The molecule has 19 heavy (non-hydrogen) atoms. The first-order chi connectivity index (χ1) is 9.15. The van der Waals surface area contributed by atoms with E-state index < -0.39 is 12.0 Å². The summed E-state index contributed by atoms with van der Waals surface area (Å²) in [4.78, 5) is 34.8. The van der Waals surface area contributed by atoms with Crippen molar-refractivity contribution in [2.45, 2.75) is 31.7 Å². The number of nitrogens with zero attached hydrogens (tertiary/aromatic N) is 1. The lowest BCUT2D eigenvalue weighted by Crippen LogP contribution is -2.39. The first-order valence-electron chi connectivity index (χ1n) is 6.43. The van der Waals surface area contributed by atoms with Crippen LogP contribution in [-0.4, -0.2) is 58.9 Å². The molecule has 0 saturated carbocycles. The number of nitrogens with one attached hydrogen (secondary N) is 1. The van der Waals surface area contributed by atoms with Gasteiger partial charge in [0.05, 0.1) is 5.75 Å². The van der Waals surface area contributed by atoms with Crippen LogP contribution in [0.5, 0.6) is 0 Å². The summed E-state index contributed by atoms with van der Waals surface area (Å²) >= 11 is 1.24. The number of carboxylic acid groups (broad SMARTS) is 1. The zero-order valence-electron chi connectivity index (χ0n) is 10.8. The average molecular weight is 288 g/mol. The van der Waals surface area contributed by atoms with Crippen molar-refractivity contribution in [2.75, 3.05) is 24.6 Å². The lowest BCUT2D eigenvalue weighted by molar-refractivity contribution is -0.139. The molecule has 0 aromatic rings. The van der Waals surface area contributed by atoms with Crippen LogP contribution in [0.1, 0.15) is 25.7 Å². The van der Waals surface area contributed by atoms with Crippen LogP contribution >= 0.6 is 11.8 Å². The van der Waals surface area contributed by atoms with E-state index in [0.29, 0.717) is 6.41 Å². The van der Waals surface area contributed by atoms with Gasteiger partial charge >= 0.3 is 5.97 Å². The quantitative estimate of drug-likeness (QED) is 0.659. The fraction of sp³-hybridized carbons (Fsp3) is 0.750. The molecule has 1 rings (SSSR count). The number of carbonyl (C=O) groups is 3. The number of aliphatic carboxylic acids is 1. The van der Waals surface area contributed by atoms with Gasteiger partial charge in [0.2, 0.25) is 12.3 Å². The van der Waals surface area contributed by atoms with E-state index in [1.165, 1.54) is 24.6 Å². The van der Waals surface area contributed by atoms with Gasteiger partial charge in [0.15, 0.2) is 0 Å². The Kier molecular flexibility index (Phi) is 7.32. The van der Waals surface area contributed by atoms with Crippen LogP contribution in [0, 0.1) is 0 Å². The van der Waals surface area contributed by atoms with Crippen LogP contribution in [-0.2, 0) is 14.4 Å². The highest BCUT2D eigenvalue weighted by Gasteiger charge is 2.19. The number of thioether (sulfide) groups is 1. The predicted octanol–water partition coefficient (Wildman–Crippen LogP) is 0.321. The number of hydrogen-bond donors (Lipinski definition) is 2. The van der Waals surface area contributed by atoms with E-state index in [9.17, 15) is 14.4 Å². The van der Waals surface area contributed by atoms with E-state index in [1.807, 2.05) is 4.90 Å². The molecule has 7 heteroatoms. The van der Waals surface area contributed by atoms with Gasteiger partial charge in [-0.2, -0.15) is 0 Å². The number of likely N-dealkylation sites (tertiary alicyclic amines) is 1. The highest BCUT2D eigenvalue weighted by atomic mass is 32.2. The smallest absolute Gasteiger partial charge is 0.327 e. The molecule has 1 heterocycles. The Morgan fingerprint density at radius 1 is 1.26 bits per heavy atom. The van der Waals surface area contributed by atoms with Crippen molar-refractivity contribution in [3.05, 3.63) is 0 Å². The first-order valence-corrected chi connectivity index (χ1v) is 7.58. The summed E-state index contributed by atoms with van der Waals surface area (Å²) in [5.74, 6) is -0.554. The van der Waals surface area contributed by atoms with Crippen LogP contribution in [0.15, 0.2) is 0 Å². The molecule has 2 N–H and O–H groups in total. The molecule has 6 nitrogen and oxygen atoms in total. The molecule has 0 radical (unpaired) electrons. The Balaban J connectivity index is 2.28. The van der Waals surface area contributed by atoms with Gasteiger partial charge in [0.25, 0.3) is 0 Å². The number of rotatable bonds is 7. The van der Waals surface area contributed by atoms with Crippen molar-refractivity contribution in [3.8, 4) is 0 Å². The summed E-state index contributed by atoms with van der Waals surface area (Å²) in [5.41, 5.74) is 0. The largest absolute Gasteiger partial charge is 0.480 e. The van der Waals surface area contributed by atoms with E-state index in [-0.39, 0.29) is 17.4 Å². The summed E-state index contributed by atoms with van der Waals surface area (Å²) < 4.78 is 0. The van der Waals surface area contributed by atoms with E-state index in [2.05, 4.69) is 5.32 Å². The minimum atomic E-state index is -1.08. The number of hydrogen-bond acceptors (Lipinski definition) is 4. The van der Waals surface area contributed by atoms with E-state index >= 15 is 0 Å². The zero-order chi connectivity index (χ0) is 14.1. The molecule has 0 aromatic carbocycles. The lowest BCUT2D eigenvalue weighted by atomic mass is 10.2. The average Bonchev–Trinajstić information content (AvgIpc) is 2.66. The Bertz CT molecular complexity index is 317. The Labute approximate surface area is 116 Å². The topological polar surface area (TPSA) is 86.7 Å². The highest BCUT2D eigenvalue weighted by Crippen LogP contribution is 2.12. The summed E-state index contributed by atoms with van der Waals surface area (Å²) in [5, 5.41) is 11.0. The normalized spacial score (nSPS) is 17.4. The lowest BCUT2D eigenvalue weighted by Gasteiger charge is -2.20. The molecule has 0 aromatic heterocycles. The molecule has 0 bridgehead atoms. The molecule has 1 saturated heterocycles. The second-order valence-corrected chi connectivity index (χ2v) is 5.52. The van der Waals surface area contributed by atoms with Crippen LogP contribution in [0.2, 0.25) is 0 Å². The predicted molar refractivity (Wildman–Crippen MR) is 73.0 cm³/mol. The van der Waals surface area contributed by atoms with Crippen molar-refractivity contribution in [1.82, 2.24) is 10.2 Å². The maximum atomic E-state index is 11.9. The second kappa shape index (κ2) is 8.79. The standard InChI is InChI=1S/C12H20N2O4S/c15-9-13-10(12(17)18)7-19-8-11(16)14-5-3-1-2-4-6-14/h9-10H,1-8H2,(H,13,15)(H,17,18). The van der Waals surface area contributed by atoms with Gasteiger partial charge in [-0.3, -0.25) is 9.59 Å². The molecule has 1 atom stereocenters. The fourth-order valence-corrected chi connectivity index (χ4v) is 2.90. The van der Waals surface area contributed by atoms with Gasteiger partial charge in [-0.05, 0) is 12.8 Å². The molecule has 2 amide bonds. The van der Waals surface area contributed by atoms with Crippen LogP contribution in [0.25, 0.3) is 0 Å². The van der Waals surface area contributed by atoms with E-state index in [1.54, 1.807) is 0 Å². The molecule has 0 aliphatic carbocycles. The van der Waals surface area contributed by atoms with Gasteiger partial charge in [0, 0.05) is 18.8 Å². The van der Waals surface area contributed by atoms with Crippen LogP contribution in [0.4, 0.5) is 0 Å². The van der Waals surface area contributed by atoms with Crippen molar-refractivity contribution in [2.24, 2.45) is 0 Å². The monoisotopic (exact) mass is 288 g/mol. The third-order valence-corrected chi connectivity index (χ3v) is 4.06. The summed E-state index contributed by atoms with van der Waals surface area (Å²) in [6, 6.07) is -0.931. The molecule has 1 aliphatic heterocycles. The maximum Gasteiger partial charge on any atom is 0.327 e.